The molecular weight excluding hydrogens is 214 g/mol. The monoisotopic (exact) mass is 239 g/mol. The summed E-state index contributed by atoms with van der Waals surface area (Å²) >= 11 is 0. The van der Waals surface area contributed by atoms with Crippen LogP contribution in [0.15, 0.2) is 0 Å². The van der Waals surface area contributed by atoms with E-state index in [2.05, 4.69) is 31.1 Å². The summed E-state index contributed by atoms with van der Waals surface area (Å²) in [6, 6.07) is -0.149. The number of rotatable bonds is 2. The molecule has 0 saturated heterocycles. The molecule has 1 fully saturated rings. The van der Waals surface area contributed by atoms with Gasteiger partial charge in [0.1, 0.15) is 14.2 Å². The van der Waals surface area contributed by atoms with Crippen LogP contribution in [0.2, 0.25) is 19.6 Å². The Kier molecular flexibility index (Phi) is 5.04. The molecule has 0 radical (unpaired) electrons. The van der Waals surface area contributed by atoms with Gasteiger partial charge in [0.2, 0.25) is 0 Å². The van der Waals surface area contributed by atoms with Gasteiger partial charge in [-0.3, -0.25) is 0 Å². The van der Waals surface area contributed by atoms with Gasteiger partial charge in [0.15, 0.2) is 0 Å². The number of aliphatic hydroxyl groups is 1. The van der Waals surface area contributed by atoms with Gasteiger partial charge in [-0.05, 0) is 18.8 Å². The van der Waals surface area contributed by atoms with Gasteiger partial charge in [0.05, 0.1) is 0 Å². The van der Waals surface area contributed by atoms with Crippen molar-refractivity contribution in [3.8, 4) is 11.5 Å². The van der Waals surface area contributed by atoms with Crippen molar-refractivity contribution in [3.05, 3.63) is 0 Å². The summed E-state index contributed by atoms with van der Waals surface area (Å²) in [6.07, 6.45) is 5.52. The highest BCUT2D eigenvalue weighted by atomic mass is 28.3. The predicted molar refractivity (Wildman–Crippen MR) is 71.7 cm³/mol. The van der Waals surface area contributed by atoms with Gasteiger partial charge in [-0.25, -0.2) is 0 Å². The third kappa shape index (κ3) is 4.69. The van der Waals surface area contributed by atoms with Gasteiger partial charge in [0, 0.05) is 6.04 Å². The molecule has 1 aliphatic rings. The summed E-state index contributed by atoms with van der Waals surface area (Å²) < 4.78 is 0. The van der Waals surface area contributed by atoms with Crippen LogP contribution in [0.4, 0.5) is 0 Å². The third-order valence-electron chi connectivity index (χ3n) is 3.15. The molecule has 0 aromatic heterocycles. The molecule has 1 saturated carbocycles. The van der Waals surface area contributed by atoms with Gasteiger partial charge in [0.25, 0.3) is 0 Å². The lowest BCUT2D eigenvalue weighted by atomic mass is 9.82. The van der Waals surface area contributed by atoms with E-state index >= 15 is 0 Å². The summed E-state index contributed by atoms with van der Waals surface area (Å²) in [4.78, 5) is 0. The second kappa shape index (κ2) is 5.86. The number of nitrogens with two attached hydrogens (primary N) is 1. The van der Waals surface area contributed by atoms with Crippen molar-refractivity contribution in [2.75, 3.05) is 0 Å². The summed E-state index contributed by atoms with van der Waals surface area (Å²) in [6.45, 7) is 6.54. The topological polar surface area (TPSA) is 46.2 Å². The summed E-state index contributed by atoms with van der Waals surface area (Å²) in [5.41, 5.74) is 9.28. The Labute approximate surface area is 101 Å². The summed E-state index contributed by atoms with van der Waals surface area (Å²) in [5.74, 6) is 3.43. The van der Waals surface area contributed by atoms with Crippen LogP contribution < -0.4 is 5.73 Å². The van der Waals surface area contributed by atoms with E-state index in [1.165, 1.54) is 19.3 Å². The number of aliphatic hydroxyl groups excluding tert-OH is 1. The Morgan fingerprint density at radius 2 is 1.75 bits per heavy atom. The fourth-order valence-electron chi connectivity index (χ4n) is 2.16. The van der Waals surface area contributed by atoms with E-state index in [1.807, 2.05) is 0 Å². The van der Waals surface area contributed by atoms with Crippen LogP contribution in [0.3, 0.4) is 0 Å². The van der Waals surface area contributed by atoms with E-state index < -0.39 is 14.2 Å². The maximum absolute atomic E-state index is 9.96. The smallest absolute Gasteiger partial charge is 0.129 e. The van der Waals surface area contributed by atoms with E-state index in [9.17, 15) is 5.11 Å². The zero-order chi connectivity index (χ0) is 12.2. The van der Waals surface area contributed by atoms with E-state index in [0.29, 0.717) is 5.92 Å². The van der Waals surface area contributed by atoms with Gasteiger partial charge in [-0.1, -0.05) is 44.8 Å². The van der Waals surface area contributed by atoms with Crippen molar-refractivity contribution in [3.63, 3.8) is 0 Å². The van der Waals surface area contributed by atoms with Crippen molar-refractivity contribution < 1.29 is 5.11 Å². The quantitative estimate of drug-likeness (QED) is 0.573. The standard InChI is InChI=1S/C13H25NOSi/c1-16(2,3)10-9-12(15)13(14)11-7-5-4-6-8-11/h11-13,15H,4-8,14H2,1-3H3/t12-,13+/m0/s1. The highest BCUT2D eigenvalue weighted by molar-refractivity contribution is 6.83. The minimum atomic E-state index is -1.39. The molecule has 0 amide bonds. The SMILES string of the molecule is C[Si](C)(C)C#C[C@H](O)[C@H](N)C1CCCCC1. The molecule has 0 bridgehead atoms. The summed E-state index contributed by atoms with van der Waals surface area (Å²) in [7, 11) is -1.39. The van der Waals surface area contributed by atoms with Crippen molar-refractivity contribution in [2.24, 2.45) is 11.7 Å². The first kappa shape index (κ1) is 13.8. The Bertz CT molecular complexity index is 268. The molecule has 1 rings (SSSR count). The van der Waals surface area contributed by atoms with Crippen LogP contribution >= 0.6 is 0 Å². The van der Waals surface area contributed by atoms with Gasteiger partial charge < -0.3 is 10.8 Å². The van der Waals surface area contributed by atoms with Crippen molar-refractivity contribution in [1.29, 1.82) is 0 Å². The molecule has 0 heterocycles. The molecule has 3 heteroatoms. The molecule has 92 valence electrons. The molecule has 2 atom stereocenters. The minimum absolute atomic E-state index is 0.149. The van der Waals surface area contributed by atoms with E-state index in [4.69, 9.17) is 5.73 Å². The average Bonchev–Trinajstić information content (AvgIpc) is 2.25. The van der Waals surface area contributed by atoms with Crippen LogP contribution in [0, 0.1) is 17.4 Å². The lowest BCUT2D eigenvalue weighted by Gasteiger charge is -2.28. The molecule has 2 nitrogen and oxygen atoms in total. The third-order valence-corrected chi connectivity index (χ3v) is 4.05. The van der Waals surface area contributed by atoms with Crippen LogP contribution in [0.25, 0.3) is 0 Å². The Hall–Kier alpha value is -0.303. The summed E-state index contributed by atoms with van der Waals surface area (Å²) in [5, 5.41) is 9.96. The lowest BCUT2D eigenvalue weighted by molar-refractivity contribution is 0.148. The normalized spacial score (nSPS) is 22.1. The zero-order valence-corrected chi connectivity index (χ0v) is 11.8. The maximum Gasteiger partial charge on any atom is 0.129 e. The van der Waals surface area contributed by atoms with E-state index in [-0.39, 0.29) is 6.04 Å². The maximum atomic E-state index is 9.96. The highest BCUT2D eigenvalue weighted by Gasteiger charge is 2.25. The Morgan fingerprint density at radius 1 is 1.19 bits per heavy atom. The molecular formula is C13H25NOSi. The number of hydrogen-bond donors (Lipinski definition) is 2. The second-order valence-corrected chi connectivity index (χ2v) is 10.7. The fourth-order valence-corrected chi connectivity index (χ4v) is 2.74. The van der Waals surface area contributed by atoms with Crippen molar-refractivity contribution in [2.45, 2.75) is 63.9 Å². The molecule has 0 spiro atoms. The molecule has 0 aromatic carbocycles. The van der Waals surface area contributed by atoms with E-state index in [0.717, 1.165) is 12.8 Å². The largest absolute Gasteiger partial charge is 0.379 e. The Balaban J connectivity index is 2.51. The van der Waals surface area contributed by atoms with Gasteiger partial charge in [-0.15, -0.1) is 5.54 Å². The van der Waals surface area contributed by atoms with Gasteiger partial charge in [-0.2, -0.15) is 0 Å². The van der Waals surface area contributed by atoms with Gasteiger partial charge >= 0.3 is 0 Å². The molecule has 0 aromatic rings. The first-order valence-corrected chi connectivity index (χ1v) is 9.86. The van der Waals surface area contributed by atoms with Crippen LogP contribution in [0.1, 0.15) is 32.1 Å². The molecule has 3 N–H and O–H groups in total. The molecule has 0 aliphatic heterocycles. The second-order valence-electron chi connectivity index (χ2n) is 5.94. The van der Waals surface area contributed by atoms with Crippen LogP contribution in [-0.2, 0) is 0 Å². The molecule has 16 heavy (non-hydrogen) atoms. The van der Waals surface area contributed by atoms with Crippen molar-refractivity contribution >= 4 is 8.07 Å². The number of hydrogen-bond acceptors (Lipinski definition) is 2. The fraction of sp³-hybridized carbons (Fsp3) is 0.846. The minimum Gasteiger partial charge on any atom is -0.379 e. The lowest BCUT2D eigenvalue weighted by Crippen LogP contribution is -2.41. The Morgan fingerprint density at radius 3 is 2.25 bits per heavy atom. The van der Waals surface area contributed by atoms with Crippen LogP contribution in [-0.4, -0.2) is 25.3 Å². The van der Waals surface area contributed by atoms with E-state index in [1.54, 1.807) is 0 Å². The van der Waals surface area contributed by atoms with Crippen molar-refractivity contribution in [1.82, 2.24) is 0 Å². The first-order valence-electron chi connectivity index (χ1n) is 6.36. The predicted octanol–water partition coefficient (Wildman–Crippen LogP) is 2.14. The highest BCUT2D eigenvalue weighted by Crippen LogP contribution is 2.26. The molecule has 0 unspecified atom stereocenters. The van der Waals surface area contributed by atoms with Crippen LogP contribution in [0.5, 0.6) is 0 Å². The molecule has 1 aliphatic carbocycles. The zero-order valence-electron chi connectivity index (χ0n) is 10.8. The first-order chi connectivity index (χ1) is 7.40. The average molecular weight is 239 g/mol.